The van der Waals surface area contributed by atoms with Crippen molar-refractivity contribution in [3.8, 4) is 11.3 Å². The fraction of sp³-hybridized carbons (Fsp3) is 0.321. The number of nitrogens with zero attached hydrogens (tertiary/aromatic N) is 2. The van der Waals surface area contributed by atoms with Gasteiger partial charge in [0.2, 0.25) is 5.91 Å². The first-order chi connectivity index (χ1) is 17.5. The summed E-state index contributed by atoms with van der Waals surface area (Å²) >= 11 is 1.63. The molecule has 0 saturated carbocycles. The van der Waals surface area contributed by atoms with Crippen LogP contribution in [-0.2, 0) is 11.2 Å². The van der Waals surface area contributed by atoms with E-state index >= 15 is 0 Å². The molecule has 0 radical (unpaired) electrons. The highest BCUT2D eigenvalue weighted by molar-refractivity contribution is 7.99. The van der Waals surface area contributed by atoms with E-state index in [-0.39, 0.29) is 17.4 Å². The molecule has 1 fully saturated rings. The summed E-state index contributed by atoms with van der Waals surface area (Å²) in [5, 5.41) is 9.86. The molecule has 7 nitrogen and oxygen atoms in total. The summed E-state index contributed by atoms with van der Waals surface area (Å²) in [7, 11) is 2.10. The Morgan fingerprint density at radius 2 is 1.86 bits per heavy atom. The zero-order chi connectivity index (χ0) is 25.1. The van der Waals surface area contributed by atoms with Crippen LogP contribution in [0.15, 0.2) is 69.2 Å². The largest absolute Gasteiger partial charge is 0.326 e. The molecule has 3 N–H and O–H groups in total. The van der Waals surface area contributed by atoms with Crippen molar-refractivity contribution in [3.05, 3.63) is 70.6 Å². The third-order valence-corrected chi connectivity index (χ3v) is 7.79. The minimum Gasteiger partial charge on any atom is -0.326 e. The Bertz CT molecular complexity index is 1420. The van der Waals surface area contributed by atoms with Crippen molar-refractivity contribution in [1.82, 2.24) is 20.1 Å². The lowest BCUT2D eigenvalue weighted by molar-refractivity contribution is -0.121. The van der Waals surface area contributed by atoms with Gasteiger partial charge in [-0.05, 0) is 75.8 Å². The predicted molar refractivity (Wildman–Crippen MR) is 146 cm³/mol. The number of piperidine rings is 1. The average molecular weight is 502 g/mol. The van der Waals surface area contributed by atoms with E-state index in [1.807, 2.05) is 48.5 Å². The number of pyridine rings is 1. The number of hydrogen-bond acceptors (Lipinski definition) is 5. The van der Waals surface area contributed by atoms with Crippen LogP contribution in [0.4, 0.5) is 5.69 Å². The van der Waals surface area contributed by atoms with Crippen molar-refractivity contribution < 1.29 is 4.79 Å². The number of rotatable bonds is 7. The van der Waals surface area contributed by atoms with Crippen LogP contribution in [0.1, 0.15) is 31.9 Å². The van der Waals surface area contributed by atoms with E-state index in [2.05, 4.69) is 40.5 Å². The summed E-state index contributed by atoms with van der Waals surface area (Å²) in [5.74, 6) is 0.180. The number of likely N-dealkylation sites (tertiary alicyclic amines) is 1. The van der Waals surface area contributed by atoms with E-state index in [1.165, 1.54) is 0 Å². The van der Waals surface area contributed by atoms with Gasteiger partial charge in [-0.25, -0.2) is 4.98 Å². The van der Waals surface area contributed by atoms with Crippen LogP contribution in [0.5, 0.6) is 0 Å². The first kappa shape index (κ1) is 24.3. The fourth-order valence-electron chi connectivity index (χ4n) is 4.71. The van der Waals surface area contributed by atoms with Crippen LogP contribution in [0.25, 0.3) is 22.2 Å². The molecule has 1 amide bonds. The lowest BCUT2D eigenvalue weighted by Crippen LogP contribution is -2.35. The molecule has 1 saturated heterocycles. The molecule has 0 unspecified atom stereocenters. The molecule has 0 spiro atoms. The SMILES string of the molecule is CCCc1[nH][nH]c(=O)c1-c1cc(Sc2ccc(NC(=O)C3CCN(C)CC3)cc2)c2ccccc2n1. The van der Waals surface area contributed by atoms with Gasteiger partial charge in [-0.3, -0.25) is 14.7 Å². The van der Waals surface area contributed by atoms with Crippen molar-refractivity contribution in [2.75, 3.05) is 25.5 Å². The Morgan fingerprint density at radius 3 is 2.61 bits per heavy atom. The van der Waals surface area contributed by atoms with E-state index < -0.39 is 0 Å². The molecule has 1 aliphatic rings. The quantitative estimate of drug-likeness (QED) is 0.319. The topological polar surface area (TPSA) is 93.9 Å². The fourth-order valence-corrected chi connectivity index (χ4v) is 5.69. The summed E-state index contributed by atoms with van der Waals surface area (Å²) in [6, 6.07) is 17.9. The van der Waals surface area contributed by atoms with Crippen LogP contribution in [-0.4, -0.2) is 46.1 Å². The number of fused-ring (bicyclic) bond motifs is 1. The van der Waals surface area contributed by atoms with E-state index in [0.717, 1.165) is 70.8 Å². The Balaban J connectivity index is 1.39. The Kier molecular flexibility index (Phi) is 7.25. The normalized spacial score (nSPS) is 14.8. The molecule has 186 valence electrons. The van der Waals surface area contributed by atoms with Gasteiger partial charge in [0.05, 0.1) is 16.8 Å². The number of benzene rings is 2. The number of amides is 1. The van der Waals surface area contributed by atoms with E-state index in [4.69, 9.17) is 4.98 Å². The summed E-state index contributed by atoms with van der Waals surface area (Å²) < 4.78 is 0. The van der Waals surface area contributed by atoms with Gasteiger partial charge in [-0.1, -0.05) is 43.3 Å². The summed E-state index contributed by atoms with van der Waals surface area (Å²) in [4.78, 5) is 34.4. The number of nitrogens with one attached hydrogen (secondary N) is 3. The van der Waals surface area contributed by atoms with Gasteiger partial charge >= 0.3 is 0 Å². The second kappa shape index (κ2) is 10.7. The number of aromatic amines is 2. The van der Waals surface area contributed by atoms with Crippen LogP contribution in [0, 0.1) is 5.92 Å². The van der Waals surface area contributed by atoms with Gasteiger partial charge < -0.3 is 15.3 Å². The Hall–Kier alpha value is -3.36. The van der Waals surface area contributed by atoms with E-state index in [0.29, 0.717) is 11.3 Å². The predicted octanol–water partition coefficient (Wildman–Crippen LogP) is 5.30. The number of anilines is 1. The van der Waals surface area contributed by atoms with Gasteiger partial charge in [0, 0.05) is 32.5 Å². The van der Waals surface area contributed by atoms with Gasteiger partial charge in [0.15, 0.2) is 0 Å². The number of carbonyl (C=O) groups excluding carboxylic acids is 1. The van der Waals surface area contributed by atoms with Gasteiger partial charge in [-0.2, -0.15) is 0 Å². The number of aryl methyl sites for hydroxylation is 1. The zero-order valence-electron chi connectivity index (χ0n) is 20.6. The molecule has 5 rings (SSSR count). The van der Waals surface area contributed by atoms with Gasteiger partial charge in [0.25, 0.3) is 5.56 Å². The Morgan fingerprint density at radius 1 is 1.11 bits per heavy atom. The summed E-state index contributed by atoms with van der Waals surface area (Å²) in [6.45, 7) is 4.01. The molecule has 2 aromatic carbocycles. The van der Waals surface area contributed by atoms with E-state index in [9.17, 15) is 9.59 Å². The van der Waals surface area contributed by atoms with Crippen molar-refractivity contribution in [2.45, 2.75) is 42.4 Å². The lowest BCUT2D eigenvalue weighted by Gasteiger charge is -2.28. The number of hydrogen-bond donors (Lipinski definition) is 3. The second-order valence-electron chi connectivity index (χ2n) is 9.40. The number of para-hydroxylation sites is 1. The van der Waals surface area contributed by atoms with Crippen molar-refractivity contribution in [1.29, 1.82) is 0 Å². The maximum Gasteiger partial charge on any atom is 0.273 e. The molecule has 1 aliphatic heterocycles. The molecule has 4 aromatic rings. The molecule has 0 bridgehead atoms. The highest BCUT2D eigenvalue weighted by atomic mass is 32.2. The van der Waals surface area contributed by atoms with Crippen LogP contribution in [0.3, 0.4) is 0 Å². The first-order valence-electron chi connectivity index (χ1n) is 12.5. The third kappa shape index (κ3) is 5.24. The molecular formula is C28H31N5O2S. The maximum absolute atomic E-state index is 12.7. The minimum atomic E-state index is -0.151. The van der Waals surface area contributed by atoms with Crippen LogP contribution >= 0.6 is 11.8 Å². The van der Waals surface area contributed by atoms with Crippen LogP contribution in [0.2, 0.25) is 0 Å². The highest BCUT2D eigenvalue weighted by Gasteiger charge is 2.23. The van der Waals surface area contributed by atoms with E-state index in [1.54, 1.807) is 11.8 Å². The average Bonchev–Trinajstić information content (AvgIpc) is 3.25. The Labute approximate surface area is 214 Å². The number of H-pyrrole nitrogens is 2. The molecule has 2 aromatic heterocycles. The van der Waals surface area contributed by atoms with Crippen molar-refractivity contribution in [2.24, 2.45) is 5.92 Å². The smallest absolute Gasteiger partial charge is 0.273 e. The third-order valence-electron chi connectivity index (χ3n) is 6.73. The van der Waals surface area contributed by atoms with Gasteiger partial charge in [-0.15, -0.1) is 0 Å². The number of aromatic nitrogens is 3. The summed E-state index contributed by atoms with van der Waals surface area (Å²) in [5.41, 5.74) is 3.67. The minimum absolute atomic E-state index is 0.0750. The molecule has 0 atom stereocenters. The van der Waals surface area contributed by atoms with Gasteiger partial charge in [0.1, 0.15) is 0 Å². The maximum atomic E-state index is 12.7. The van der Waals surface area contributed by atoms with Crippen molar-refractivity contribution in [3.63, 3.8) is 0 Å². The molecule has 8 heteroatoms. The molecule has 36 heavy (non-hydrogen) atoms. The molecular weight excluding hydrogens is 470 g/mol. The van der Waals surface area contributed by atoms with Crippen LogP contribution < -0.4 is 10.9 Å². The molecule has 0 aliphatic carbocycles. The second-order valence-corrected chi connectivity index (χ2v) is 10.5. The standard InChI is InChI=1S/C28H31N5O2S/c1-3-6-23-26(28(35)32-31-23)24-17-25(21-7-4-5-8-22(21)30-24)36-20-11-9-19(10-12-20)29-27(34)18-13-15-33(2)16-14-18/h4-5,7-12,17-18H,3,6,13-16H2,1-2H3,(H,29,34)(H2,31,32,35). The zero-order valence-corrected chi connectivity index (χ0v) is 21.5. The number of carbonyl (C=O) groups is 1. The lowest BCUT2D eigenvalue weighted by atomic mass is 9.96. The first-order valence-corrected chi connectivity index (χ1v) is 13.3. The monoisotopic (exact) mass is 501 g/mol. The molecule has 3 heterocycles. The highest BCUT2D eigenvalue weighted by Crippen LogP contribution is 2.36. The van der Waals surface area contributed by atoms with Crippen molar-refractivity contribution >= 4 is 34.3 Å². The summed E-state index contributed by atoms with van der Waals surface area (Å²) in [6.07, 6.45) is 3.50.